The molecule has 1 N–H and O–H groups in total. The van der Waals surface area contributed by atoms with E-state index in [1.807, 2.05) is 49.6 Å². The third kappa shape index (κ3) is 8.08. The van der Waals surface area contributed by atoms with Gasteiger partial charge in [-0.25, -0.2) is 0 Å². The third-order valence-corrected chi connectivity index (χ3v) is 7.07. The number of nitrogens with one attached hydrogen (secondary N) is 1. The zero-order valence-electron chi connectivity index (χ0n) is 20.6. The average molecular weight is 472 g/mol. The molecular weight excluding hydrogens is 437 g/mol. The SMILES string of the molecule is CSCCC(NC(=O)c1ccc(/C=C/CC2CCCCC2)cc1-c1ccccc1C)C(=O)[O-].[Li+]. The van der Waals surface area contributed by atoms with Crippen LogP contribution < -0.4 is 29.3 Å². The Morgan fingerprint density at radius 3 is 2.53 bits per heavy atom. The molecule has 1 amide bonds. The van der Waals surface area contributed by atoms with Gasteiger partial charge in [0.05, 0.1) is 12.0 Å². The molecule has 1 fully saturated rings. The first-order valence-corrected chi connectivity index (χ1v) is 13.3. The van der Waals surface area contributed by atoms with E-state index in [4.69, 9.17) is 0 Å². The monoisotopic (exact) mass is 471 g/mol. The number of aliphatic carboxylic acids is 1. The second-order valence-electron chi connectivity index (χ2n) is 8.89. The van der Waals surface area contributed by atoms with E-state index in [0.717, 1.165) is 34.6 Å². The van der Waals surface area contributed by atoms with Gasteiger partial charge in [-0.05, 0) is 72.1 Å². The van der Waals surface area contributed by atoms with Crippen molar-refractivity contribution in [3.05, 3.63) is 65.2 Å². The first-order valence-electron chi connectivity index (χ1n) is 11.9. The van der Waals surface area contributed by atoms with E-state index in [9.17, 15) is 14.7 Å². The first-order chi connectivity index (χ1) is 16.0. The first kappa shape index (κ1) is 28.3. The molecule has 34 heavy (non-hydrogen) atoms. The van der Waals surface area contributed by atoms with Crippen molar-refractivity contribution in [2.75, 3.05) is 12.0 Å². The summed E-state index contributed by atoms with van der Waals surface area (Å²) < 4.78 is 0. The predicted octanol–water partition coefficient (Wildman–Crippen LogP) is 2.25. The Kier molecular flexibility index (Phi) is 12.0. The fourth-order valence-corrected chi connectivity index (χ4v) is 4.97. The Bertz CT molecular complexity index is 985. The summed E-state index contributed by atoms with van der Waals surface area (Å²) in [7, 11) is 0. The van der Waals surface area contributed by atoms with Crippen LogP contribution in [0, 0.1) is 12.8 Å². The van der Waals surface area contributed by atoms with Crippen LogP contribution in [0.1, 0.15) is 66.4 Å². The van der Waals surface area contributed by atoms with Gasteiger partial charge in [-0.3, -0.25) is 4.79 Å². The number of hydrogen-bond acceptors (Lipinski definition) is 4. The summed E-state index contributed by atoms with van der Waals surface area (Å²) in [5, 5.41) is 14.2. The van der Waals surface area contributed by atoms with Crippen LogP contribution in [-0.4, -0.2) is 29.9 Å². The van der Waals surface area contributed by atoms with Crippen LogP contribution in [0.25, 0.3) is 17.2 Å². The number of carboxylic acid groups (broad SMARTS) is 1. The van der Waals surface area contributed by atoms with E-state index in [2.05, 4.69) is 17.5 Å². The van der Waals surface area contributed by atoms with E-state index >= 15 is 0 Å². The Balaban J connectivity index is 0.00000408. The molecule has 0 radical (unpaired) electrons. The Morgan fingerprint density at radius 1 is 1.12 bits per heavy atom. The number of allylic oxidation sites excluding steroid dienone is 1. The summed E-state index contributed by atoms with van der Waals surface area (Å²) in [6, 6.07) is 12.7. The number of aryl methyl sites for hydroxylation is 1. The molecule has 1 aliphatic rings. The normalized spacial score (nSPS) is 15.0. The smallest absolute Gasteiger partial charge is 0.548 e. The number of hydrogen-bond donors (Lipinski definition) is 1. The second kappa shape index (κ2) is 14.5. The number of carbonyl (C=O) groups is 2. The number of rotatable bonds is 10. The third-order valence-electron chi connectivity index (χ3n) is 6.43. The number of carboxylic acids is 1. The van der Waals surface area contributed by atoms with Crippen LogP contribution in [0.4, 0.5) is 0 Å². The topological polar surface area (TPSA) is 69.2 Å². The van der Waals surface area contributed by atoms with Gasteiger partial charge in [0, 0.05) is 5.56 Å². The van der Waals surface area contributed by atoms with Gasteiger partial charge < -0.3 is 15.2 Å². The fourth-order valence-electron chi connectivity index (χ4n) is 4.50. The summed E-state index contributed by atoms with van der Waals surface area (Å²) in [5.74, 6) is -0.231. The van der Waals surface area contributed by atoms with Gasteiger partial charge in [-0.2, -0.15) is 11.8 Å². The quantitative estimate of drug-likeness (QED) is 0.540. The van der Waals surface area contributed by atoms with Crippen LogP contribution in [-0.2, 0) is 4.79 Å². The average Bonchev–Trinajstić information content (AvgIpc) is 2.82. The van der Waals surface area contributed by atoms with Crippen molar-refractivity contribution < 1.29 is 33.6 Å². The van der Waals surface area contributed by atoms with Gasteiger partial charge in [-0.15, -0.1) is 0 Å². The van der Waals surface area contributed by atoms with Gasteiger partial charge in [-0.1, -0.05) is 74.6 Å². The van der Waals surface area contributed by atoms with E-state index in [-0.39, 0.29) is 24.8 Å². The van der Waals surface area contributed by atoms with Gasteiger partial charge >= 0.3 is 18.9 Å². The predicted molar refractivity (Wildman–Crippen MR) is 136 cm³/mol. The number of carbonyl (C=O) groups excluding carboxylic acids is 2. The largest absolute Gasteiger partial charge is 1.00 e. The summed E-state index contributed by atoms with van der Waals surface area (Å²) in [6.07, 6.45) is 14.4. The zero-order chi connectivity index (χ0) is 23.6. The van der Waals surface area contributed by atoms with Crippen LogP contribution in [0.2, 0.25) is 0 Å². The van der Waals surface area contributed by atoms with Gasteiger partial charge in [0.2, 0.25) is 0 Å². The van der Waals surface area contributed by atoms with Gasteiger partial charge in [0.25, 0.3) is 5.91 Å². The molecule has 1 aliphatic carbocycles. The molecule has 0 bridgehead atoms. The molecule has 0 heterocycles. The summed E-state index contributed by atoms with van der Waals surface area (Å²) >= 11 is 1.54. The molecule has 0 aliphatic heterocycles. The molecule has 2 aromatic carbocycles. The molecule has 1 unspecified atom stereocenters. The van der Waals surface area contributed by atoms with Gasteiger partial charge in [0.1, 0.15) is 0 Å². The molecule has 4 nitrogen and oxygen atoms in total. The van der Waals surface area contributed by atoms with Crippen molar-refractivity contribution in [1.29, 1.82) is 0 Å². The molecule has 176 valence electrons. The van der Waals surface area contributed by atoms with E-state index in [0.29, 0.717) is 17.7 Å². The molecule has 6 heteroatoms. The Hall–Kier alpha value is -1.93. The standard InChI is InChI=1S/C28H35NO3S.Li/c1-20-9-6-7-14-23(20)25-19-22(13-8-12-21-10-4-3-5-11-21)15-16-24(25)27(30)29-26(28(31)32)17-18-33-2;/h6-9,13-16,19,21,26H,3-5,10-12,17-18H2,1-2H3,(H,29,30)(H,31,32);/q;+1/p-1/b13-8+;. The molecule has 2 aromatic rings. The van der Waals surface area contributed by atoms with Crippen molar-refractivity contribution in [3.63, 3.8) is 0 Å². The molecule has 0 aromatic heterocycles. The Morgan fingerprint density at radius 2 is 1.85 bits per heavy atom. The maximum absolute atomic E-state index is 13.1. The fraction of sp³-hybridized carbons (Fsp3) is 0.429. The molecule has 3 rings (SSSR count). The van der Waals surface area contributed by atoms with Gasteiger partial charge in [0.15, 0.2) is 0 Å². The van der Waals surface area contributed by atoms with Crippen molar-refractivity contribution in [2.45, 2.75) is 57.9 Å². The number of benzene rings is 2. The van der Waals surface area contributed by atoms with E-state index in [1.54, 1.807) is 17.8 Å². The minimum Gasteiger partial charge on any atom is -0.548 e. The molecule has 0 spiro atoms. The Labute approximate surface area is 220 Å². The van der Waals surface area contributed by atoms with Crippen molar-refractivity contribution in [3.8, 4) is 11.1 Å². The van der Waals surface area contributed by atoms with Crippen LogP contribution in [0.15, 0.2) is 48.5 Å². The summed E-state index contributed by atoms with van der Waals surface area (Å²) in [5.41, 5.74) is 4.36. The zero-order valence-corrected chi connectivity index (χ0v) is 21.5. The summed E-state index contributed by atoms with van der Waals surface area (Å²) in [4.78, 5) is 24.7. The maximum atomic E-state index is 13.1. The van der Waals surface area contributed by atoms with Crippen molar-refractivity contribution >= 4 is 29.7 Å². The molecule has 0 saturated heterocycles. The second-order valence-corrected chi connectivity index (χ2v) is 9.87. The van der Waals surface area contributed by atoms with Crippen LogP contribution in [0.3, 0.4) is 0 Å². The molecular formula is C28H34LiNO3S. The van der Waals surface area contributed by atoms with E-state index < -0.39 is 12.0 Å². The van der Waals surface area contributed by atoms with E-state index in [1.165, 1.54) is 32.1 Å². The van der Waals surface area contributed by atoms with Crippen LogP contribution >= 0.6 is 11.8 Å². The van der Waals surface area contributed by atoms with Crippen molar-refractivity contribution in [2.24, 2.45) is 5.92 Å². The van der Waals surface area contributed by atoms with Crippen LogP contribution in [0.5, 0.6) is 0 Å². The summed E-state index contributed by atoms with van der Waals surface area (Å²) in [6.45, 7) is 2.02. The minimum atomic E-state index is -1.25. The van der Waals surface area contributed by atoms with Crippen molar-refractivity contribution in [1.82, 2.24) is 5.32 Å². The number of thioether (sulfide) groups is 1. The molecule has 1 saturated carbocycles. The number of amides is 1. The maximum Gasteiger partial charge on any atom is 1.00 e. The molecule has 1 atom stereocenters. The minimum absolute atomic E-state index is 0.